The summed E-state index contributed by atoms with van der Waals surface area (Å²) in [6, 6.07) is 2.74. The van der Waals surface area contributed by atoms with Gasteiger partial charge in [-0.3, -0.25) is 9.59 Å². The Morgan fingerprint density at radius 1 is 1.53 bits per heavy atom. The second-order valence-electron chi connectivity index (χ2n) is 3.44. The first-order valence-electron chi connectivity index (χ1n) is 4.96. The highest BCUT2D eigenvalue weighted by Crippen LogP contribution is 2.13. The molecule has 94 valence electrons. The third-order valence-corrected chi connectivity index (χ3v) is 2.31. The Labute approximate surface area is 106 Å². The smallest absolute Gasteiger partial charge is 0.287 e. The molecule has 6 nitrogen and oxygen atoms in total. The molecule has 0 aliphatic heterocycles. The van der Waals surface area contributed by atoms with Gasteiger partial charge >= 0.3 is 0 Å². The van der Waals surface area contributed by atoms with Crippen LogP contribution in [-0.4, -0.2) is 36.1 Å². The van der Waals surface area contributed by atoms with Gasteiger partial charge in [0.1, 0.15) is 0 Å². The van der Waals surface area contributed by atoms with E-state index in [-0.39, 0.29) is 30.9 Å². The zero-order valence-electron chi connectivity index (χ0n) is 9.20. The number of furan rings is 1. The molecule has 0 unspecified atom stereocenters. The second-order valence-corrected chi connectivity index (χ2v) is 4.22. The van der Waals surface area contributed by atoms with Gasteiger partial charge in [-0.05, 0) is 35.0 Å². The van der Waals surface area contributed by atoms with Gasteiger partial charge in [0.15, 0.2) is 10.4 Å². The van der Waals surface area contributed by atoms with E-state index in [0.717, 1.165) is 0 Å². The van der Waals surface area contributed by atoms with Gasteiger partial charge in [-0.1, -0.05) is 0 Å². The van der Waals surface area contributed by atoms with Crippen LogP contribution in [0.1, 0.15) is 17.5 Å². The van der Waals surface area contributed by atoms with E-state index in [1.54, 1.807) is 13.0 Å². The summed E-state index contributed by atoms with van der Waals surface area (Å²) >= 11 is 3.07. The van der Waals surface area contributed by atoms with Crippen LogP contribution in [0.4, 0.5) is 0 Å². The monoisotopic (exact) mass is 304 g/mol. The molecular weight excluding hydrogens is 292 g/mol. The van der Waals surface area contributed by atoms with E-state index in [0.29, 0.717) is 4.67 Å². The summed E-state index contributed by atoms with van der Waals surface area (Å²) in [6.45, 7) is 1.34. The number of carbonyl (C=O) groups excluding carboxylic acids is 2. The zero-order valence-corrected chi connectivity index (χ0v) is 10.8. The first kappa shape index (κ1) is 13.7. The Morgan fingerprint density at radius 2 is 2.24 bits per heavy atom. The van der Waals surface area contributed by atoms with Crippen molar-refractivity contribution in [2.24, 2.45) is 0 Å². The minimum Gasteiger partial charge on any atom is -0.444 e. The Morgan fingerprint density at radius 3 is 2.76 bits per heavy atom. The van der Waals surface area contributed by atoms with Gasteiger partial charge in [0.05, 0.1) is 13.2 Å². The van der Waals surface area contributed by atoms with Crippen LogP contribution < -0.4 is 10.6 Å². The summed E-state index contributed by atoms with van der Waals surface area (Å²) in [6.07, 6.45) is 0. The molecule has 1 heterocycles. The SMILES string of the molecule is C[C@@H](CO)NC(=O)CNC(=O)c1ccc(Br)o1. The van der Waals surface area contributed by atoms with Crippen LogP contribution in [0.25, 0.3) is 0 Å². The van der Waals surface area contributed by atoms with Crippen molar-refractivity contribution in [3.63, 3.8) is 0 Å². The predicted molar refractivity (Wildman–Crippen MR) is 63.4 cm³/mol. The maximum absolute atomic E-state index is 11.5. The molecule has 1 rings (SSSR count). The van der Waals surface area contributed by atoms with Crippen molar-refractivity contribution in [3.8, 4) is 0 Å². The lowest BCUT2D eigenvalue weighted by Gasteiger charge is -2.10. The van der Waals surface area contributed by atoms with Crippen molar-refractivity contribution >= 4 is 27.7 Å². The predicted octanol–water partition coefficient (Wildman–Crippen LogP) is 0.269. The van der Waals surface area contributed by atoms with Crippen molar-refractivity contribution < 1.29 is 19.1 Å². The topological polar surface area (TPSA) is 91.6 Å². The fourth-order valence-electron chi connectivity index (χ4n) is 1.06. The summed E-state index contributed by atoms with van der Waals surface area (Å²) in [5.74, 6) is -0.715. The molecule has 3 N–H and O–H groups in total. The maximum Gasteiger partial charge on any atom is 0.287 e. The van der Waals surface area contributed by atoms with E-state index in [2.05, 4.69) is 26.6 Å². The highest BCUT2D eigenvalue weighted by molar-refractivity contribution is 9.10. The molecule has 0 spiro atoms. The van der Waals surface area contributed by atoms with E-state index < -0.39 is 5.91 Å². The molecule has 17 heavy (non-hydrogen) atoms. The minimum absolute atomic E-state index is 0.125. The summed E-state index contributed by atoms with van der Waals surface area (Å²) < 4.78 is 5.46. The fourth-order valence-corrected chi connectivity index (χ4v) is 1.36. The first-order valence-corrected chi connectivity index (χ1v) is 5.76. The molecule has 0 bridgehead atoms. The molecular formula is C10H13BrN2O4. The Bertz CT molecular complexity index is 405. The minimum atomic E-state index is -0.470. The number of hydrogen-bond donors (Lipinski definition) is 3. The van der Waals surface area contributed by atoms with Gasteiger partial charge in [-0.15, -0.1) is 0 Å². The average molecular weight is 305 g/mol. The van der Waals surface area contributed by atoms with Gasteiger partial charge < -0.3 is 20.2 Å². The largest absolute Gasteiger partial charge is 0.444 e. The Hall–Kier alpha value is -1.34. The normalized spacial score (nSPS) is 11.9. The highest BCUT2D eigenvalue weighted by atomic mass is 79.9. The highest BCUT2D eigenvalue weighted by Gasteiger charge is 2.12. The molecule has 0 saturated carbocycles. The van der Waals surface area contributed by atoms with E-state index in [9.17, 15) is 9.59 Å². The summed E-state index contributed by atoms with van der Waals surface area (Å²) in [4.78, 5) is 22.7. The molecule has 2 amide bonds. The van der Waals surface area contributed by atoms with Gasteiger partial charge in [-0.2, -0.15) is 0 Å². The third kappa shape index (κ3) is 4.58. The Kier molecular flexibility index (Phi) is 5.17. The van der Waals surface area contributed by atoms with Gasteiger partial charge in [-0.25, -0.2) is 0 Å². The molecule has 7 heteroatoms. The Balaban J connectivity index is 2.36. The third-order valence-electron chi connectivity index (χ3n) is 1.89. The molecule has 0 aromatic carbocycles. The number of hydrogen-bond acceptors (Lipinski definition) is 4. The van der Waals surface area contributed by atoms with Crippen LogP contribution in [-0.2, 0) is 4.79 Å². The zero-order chi connectivity index (χ0) is 12.8. The van der Waals surface area contributed by atoms with Crippen molar-refractivity contribution in [1.29, 1.82) is 0 Å². The molecule has 0 aliphatic rings. The molecule has 1 atom stereocenters. The molecule has 0 fully saturated rings. The van der Waals surface area contributed by atoms with Gasteiger partial charge in [0.2, 0.25) is 5.91 Å². The number of aliphatic hydroxyl groups excluding tert-OH is 1. The average Bonchev–Trinajstić information content (AvgIpc) is 2.72. The van der Waals surface area contributed by atoms with Crippen molar-refractivity contribution in [2.75, 3.05) is 13.2 Å². The molecule has 0 aliphatic carbocycles. The van der Waals surface area contributed by atoms with Gasteiger partial charge in [0.25, 0.3) is 5.91 Å². The summed E-state index contributed by atoms with van der Waals surface area (Å²) in [7, 11) is 0. The lowest BCUT2D eigenvalue weighted by Crippen LogP contribution is -2.42. The van der Waals surface area contributed by atoms with E-state index in [4.69, 9.17) is 9.52 Å². The number of carbonyl (C=O) groups is 2. The fraction of sp³-hybridized carbons (Fsp3) is 0.400. The maximum atomic E-state index is 11.5. The lowest BCUT2D eigenvalue weighted by molar-refractivity contribution is -0.121. The second kappa shape index (κ2) is 6.41. The van der Waals surface area contributed by atoms with Gasteiger partial charge in [0, 0.05) is 6.04 Å². The van der Waals surface area contributed by atoms with Crippen LogP contribution in [0.2, 0.25) is 0 Å². The van der Waals surface area contributed by atoms with Crippen LogP contribution in [0, 0.1) is 0 Å². The number of nitrogens with one attached hydrogen (secondary N) is 2. The van der Waals surface area contributed by atoms with Crippen molar-refractivity contribution in [3.05, 3.63) is 22.6 Å². The molecule has 1 aromatic rings. The van der Waals surface area contributed by atoms with Crippen LogP contribution in [0.15, 0.2) is 21.2 Å². The first-order chi connectivity index (χ1) is 8.02. The number of halogens is 1. The van der Waals surface area contributed by atoms with Crippen LogP contribution in [0.5, 0.6) is 0 Å². The van der Waals surface area contributed by atoms with Crippen LogP contribution in [0.3, 0.4) is 0 Å². The van der Waals surface area contributed by atoms with Crippen molar-refractivity contribution in [1.82, 2.24) is 10.6 Å². The quantitative estimate of drug-likeness (QED) is 0.728. The summed E-state index contributed by atoms with van der Waals surface area (Å²) in [5, 5.41) is 13.6. The van der Waals surface area contributed by atoms with E-state index in [1.807, 2.05) is 0 Å². The number of rotatable bonds is 5. The number of amides is 2. The van der Waals surface area contributed by atoms with Crippen molar-refractivity contribution in [2.45, 2.75) is 13.0 Å². The summed E-state index contributed by atoms with van der Waals surface area (Å²) in [5.41, 5.74) is 0. The standard InChI is InChI=1S/C10H13BrN2O4/c1-6(5-14)13-9(15)4-12-10(16)7-2-3-8(11)17-7/h2-3,6,14H,4-5H2,1H3,(H,12,16)(H,13,15)/t6-/m0/s1. The van der Waals surface area contributed by atoms with E-state index in [1.165, 1.54) is 6.07 Å². The van der Waals surface area contributed by atoms with E-state index >= 15 is 0 Å². The lowest BCUT2D eigenvalue weighted by atomic mass is 10.3. The number of aliphatic hydroxyl groups is 1. The molecule has 1 aromatic heterocycles. The molecule has 0 saturated heterocycles. The van der Waals surface area contributed by atoms with Crippen LogP contribution >= 0.6 is 15.9 Å². The molecule has 0 radical (unpaired) electrons.